The Bertz CT molecular complexity index is 779. The van der Waals surface area contributed by atoms with Crippen molar-refractivity contribution in [2.24, 2.45) is 5.92 Å². The maximum absolute atomic E-state index is 12.5. The Kier molecular flexibility index (Phi) is 10.9. The SMILES string of the molecule is COC1C(OC(=O)NCCCCCCNC(=O)CNSF)CCC2(CO2)C1[C@]1(C)O[C@@H]1CC=C(C)C. The number of epoxide rings is 2. The largest absolute Gasteiger partial charge is 0.443 e. The van der Waals surface area contributed by atoms with E-state index >= 15 is 0 Å². The van der Waals surface area contributed by atoms with Crippen LogP contribution in [-0.4, -0.2) is 74.9 Å². The van der Waals surface area contributed by atoms with Crippen LogP contribution in [0.2, 0.25) is 0 Å². The Morgan fingerprint density at radius 1 is 1.17 bits per heavy atom. The molecule has 3 fully saturated rings. The zero-order chi connectivity index (χ0) is 26.2. The average Bonchev–Trinajstić information content (AvgIpc) is 3.76. The van der Waals surface area contributed by atoms with Gasteiger partial charge in [-0.25, -0.2) is 9.52 Å². The summed E-state index contributed by atoms with van der Waals surface area (Å²) in [6.45, 7) is 8.03. The fourth-order valence-corrected chi connectivity index (χ4v) is 5.61. The molecular formula is C25H42FN3O6S. The van der Waals surface area contributed by atoms with Crippen LogP contribution in [0.3, 0.4) is 0 Å². The van der Waals surface area contributed by atoms with E-state index in [2.05, 4.69) is 42.2 Å². The molecule has 3 aliphatic rings. The van der Waals surface area contributed by atoms with Gasteiger partial charge in [0.15, 0.2) is 0 Å². The number of hydrogen-bond acceptors (Lipinski definition) is 8. The lowest BCUT2D eigenvalue weighted by Crippen LogP contribution is -2.56. The molecule has 3 rings (SSSR count). The minimum absolute atomic E-state index is 0.00381. The highest BCUT2D eigenvalue weighted by molar-refractivity contribution is 7.92. The molecule has 2 aliphatic heterocycles. The van der Waals surface area contributed by atoms with Gasteiger partial charge in [-0.3, -0.25) is 4.79 Å². The third-order valence-corrected chi connectivity index (χ3v) is 7.73. The van der Waals surface area contributed by atoms with Gasteiger partial charge in [0.05, 0.1) is 25.2 Å². The Morgan fingerprint density at radius 2 is 1.86 bits per heavy atom. The molecule has 9 nitrogen and oxygen atoms in total. The topological polar surface area (TPSA) is 114 Å². The average molecular weight is 532 g/mol. The van der Waals surface area contributed by atoms with Crippen LogP contribution in [0.25, 0.3) is 0 Å². The first-order chi connectivity index (χ1) is 17.3. The van der Waals surface area contributed by atoms with E-state index in [1.165, 1.54) is 5.57 Å². The number of carbonyl (C=O) groups excluding carboxylic acids is 2. The summed E-state index contributed by atoms with van der Waals surface area (Å²) in [6.07, 6.45) is 7.11. The van der Waals surface area contributed by atoms with Gasteiger partial charge >= 0.3 is 6.09 Å². The predicted octanol–water partition coefficient (Wildman–Crippen LogP) is 3.59. The highest BCUT2D eigenvalue weighted by Gasteiger charge is 2.72. The van der Waals surface area contributed by atoms with Gasteiger partial charge in [-0.15, -0.1) is 3.89 Å². The number of amides is 2. The fourth-order valence-electron chi connectivity index (χ4n) is 5.43. The van der Waals surface area contributed by atoms with E-state index in [1.807, 2.05) is 0 Å². The minimum atomic E-state index is -0.429. The van der Waals surface area contributed by atoms with Gasteiger partial charge in [-0.2, -0.15) is 0 Å². The molecule has 0 aromatic heterocycles. The van der Waals surface area contributed by atoms with Gasteiger partial charge < -0.3 is 29.6 Å². The Balaban J connectivity index is 1.37. The second-order valence-electron chi connectivity index (χ2n) is 10.4. The number of alkyl carbamates (subject to hydrolysis) is 1. The van der Waals surface area contributed by atoms with Crippen molar-refractivity contribution in [3.8, 4) is 0 Å². The summed E-state index contributed by atoms with van der Waals surface area (Å²) in [4.78, 5) is 23.9. The molecule has 2 heterocycles. The molecular weight excluding hydrogens is 489 g/mol. The standard InChI is InChI=1S/C25H42FN3O6S/c1-17(2)9-10-19-24(3,35-19)22-21(32-4)18(11-12-25(22)16-33-25)34-23(31)28-14-8-6-5-7-13-27-20(30)15-29-36-26/h9,18-19,21-22,29H,5-8,10-16H2,1-4H3,(H,27,30)(H,28,31)/t18?,19-,21?,22?,24-,25?/m1/s1. The van der Waals surface area contributed by atoms with Gasteiger partial charge in [0.25, 0.3) is 0 Å². The molecule has 0 radical (unpaired) electrons. The van der Waals surface area contributed by atoms with E-state index in [9.17, 15) is 13.5 Å². The smallest absolute Gasteiger partial charge is 0.407 e. The van der Waals surface area contributed by atoms with Crippen molar-refractivity contribution < 1.29 is 32.4 Å². The maximum Gasteiger partial charge on any atom is 0.407 e. The van der Waals surface area contributed by atoms with Gasteiger partial charge in [0, 0.05) is 20.2 Å². The first kappa shape index (κ1) is 29.2. The summed E-state index contributed by atoms with van der Waals surface area (Å²) in [5.74, 6) is -0.224. The second-order valence-corrected chi connectivity index (χ2v) is 10.9. The van der Waals surface area contributed by atoms with E-state index < -0.39 is 6.09 Å². The zero-order valence-corrected chi connectivity index (χ0v) is 22.7. The van der Waals surface area contributed by atoms with Crippen molar-refractivity contribution >= 4 is 24.3 Å². The van der Waals surface area contributed by atoms with Crippen molar-refractivity contribution in [2.45, 2.75) is 95.2 Å². The molecule has 0 bridgehead atoms. The summed E-state index contributed by atoms with van der Waals surface area (Å²) >= 11 is -0.0695. The normalized spacial score (nSPS) is 32.6. The van der Waals surface area contributed by atoms with Crippen LogP contribution in [0, 0.1) is 5.92 Å². The van der Waals surface area contributed by atoms with Crippen LogP contribution in [0.15, 0.2) is 11.6 Å². The molecule has 1 aliphatic carbocycles. The lowest BCUT2D eigenvalue weighted by atomic mass is 9.68. The number of carbonyl (C=O) groups is 2. The van der Waals surface area contributed by atoms with E-state index in [-0.39, 0.29) is 60.2 Å². The van der Waals surface area contributed by atoms with Crippen LogP contribution in [0.4, 0.5) is 8.68 Å². The van der Waals surface area contributed by atoms with E-state index in [1.54, 1.807) is 7.11 Å². The zero-order valence-electron chi connectivity index (χ0n) is 21.9. The molecule has 0 aromatic rings. The molecule has 6 atom stereocenters. The molecule has 0 aromatic carbocycles. The quantitative estimate of drug-likeness (QED) is 0.127. The highest BCUT2D eigenvalue weighted by Crippen LogP contribution is 2.59. The predicted molar refractivity (Wildman–Crippen MR) is 136 cm³/mol. The number of ether oxygens (including phenoxy) is 4. The third-order valence-electron chi connectivity index (χ3n) is 7.48. The molecule has 1 spiro atoms. The molecule has 4 unspecified atom stereocenters. The number of unbranched alkanes of at least 4 members (excludes halogenated alkanes) is 3. The Labute approximate surface area is 218 Å². The Hall–Kier alpha value is -1.40. The third kappa shape index (κ3) is 7.80. The van der Waals surface area contributed by atoms with Gasteiger partial charge in [-0.1, -0.05) is 24.5 Å². The first-order valence-corrected chi connectivity index (χ1v) is 13.7. The summed E-state index contributed by atoms with van der Waals surface area (Å²) in [7, 11) is 1.67. The molecule has 1 saturated carbocycles. The van der Waals surface area contributed by atoms with E-state index in [0.29, 0.717) is 26.1 Å². The van der Waals surface area contributed by atoms with Crippen LogP contribution < -0.4 is 15.4 Å². The second kappa shape index (κ2) is 13.4. The van der Waals surface area contributed by atoms with E-state index in [0.717, 1.165) is 38.5 Å². The number of nitrogens with one attached hydrogen (secondary N) is 3. The van der Waals surface area contributed by atoms with Gasteiger partial charge in [-0.05, 0) is 52.9 Å². The number of allylic oxidation sites excluding steroid dienone is 1. The molecule has 11 heteroatoms. The summed E-state index contributed by atoms with van der Waals surface area (Å²) in [6, 6.07) is 0. The van der Waals surface area contributed by atoms with Crippen LogP contribution in [-0.2, 0) is 23.7 Å². The first-order valence-electron chi connectivity index (χ1n) is 13.0. The number of hydrogen-bond donors (Lipinski definition) is 3. The van der Waals surface area contributed by atoms with Crippen molar-refractivity contribution in [3.63, 3.8) is 0 Å². The monoisotopic (exact) mass is 531 g/mol. The number of methoxy groups -OCH3 is 1. The van der Waals surface area contributed by atoms with Crippen LogP contribution in [0.1, 0.15) is 65.7 Å². The van der Waals surface area contributed by atoms with Crippen LogP contribution in [0.5, 0.6) is 0 Å². The van der Waals surface area contributed by atoms with Crippen molar-refractivity contribution in [1.82, 2.24) is 15.4 Å². The van der Waals surface area contributed by atoms with Crippen molar-refractivity contribution in [1.29, 1.82) is 0 Å². The summed E-state index contributed by atoms with van der Waals surface area (Å²) in [5.41, 5.74) is 0.668. The number of halogens is 1. The lowest BCUT2D eigenvalue weighted by Gasteiger charge is -2.42. The lowest BCUT2D eigenvalue weighted by molar-refractivity contribution is -0.119. The minimum Gasteiger partial charge on any atom is -0.443 e. The molecule has 206 valence electrons. The highest BCUT2D eigenvalue weighted by atomic mass is 32.2. The maximum atomic E-state index is 12.5. The summed E-state index contributed by atoms with van der Waals surface area (Å²) in [5, 5.41) is 5.57. The number of rotatable bonds is 15. The van der Waals surface area contributed by atoms with Gasteiger partial charge in [0.2, 0.25) is 5.91 Å². The Morgan fingerprint density at radius 3 is 2.47 bits per heavy atom. The molecule has 36 heavy (non-hydrogen) atoms. The molecule has 2 saturated heterocycles. The van der Waals surface area contributed by atoms with Gasteiger partial charge in [0.1, 0.15) is 35.7 Å². The van der Waals surface area contributed by atoms with Crippen LogP contribution >= 0.6 is 12.3 Å². The fraction of sp³-hybridized carbons (Fsp3) is 0.840. The van der Waals surface area contributed by atoms with Crippen molar-refractivity contribution in [3.05, 3.63) is 11.6 Å². The summed E-state index contributed by atoms with van der Waals surface area (Å²) < 4.78 is 38.0. The molecule has 2 amide bonds. The van der Waals surface area contributed by atoms with Crippen molar-refractivity contribution in [2.75, 3.05) is 33.4 Å². The van der Waals surface area contributed by atoms with E-state index in [4.69, 9.17) is 18.9 Å². The molecule has 3 N–H and O–H groups in total.